The number of hydrogen-bond acceptors (Lipinski definition) is 2. The second-order valence-electron chi connectivity index (χ2n) is 7.37. The lowest BCUT2D eigenvalue weighted by Crippen LogP contribution is -2.62. The molecule has 1 aliphatic heterocycles. The molecule has 106 valence electrons. The monoisotopic (exact) mass is 253 g/mol. The first-order valence-electron chi connectivity index (χ1n) is 7.85. The molecule has 1 saturated carbocycles. The van der Waals surface area contributed by atoms with Crippen LogP contribution in [0, 0.1) is 11.3 Å². The van der Waals surface area contributed by atoms with Gasteiger partial charge in [0.05, 0.1) is 12.2 Å². The number of morpholine rings is 1. The second-order valence-corrected chi connectivity index (χ2v) is 7.37. The van der Waals surface area contributed by atoms with E-state index < -0.39 is 0 Å². The van der Waals surface area contributed by atoms with E-state index in [4.69, 9.17) is 4.74 Å². The molecule has 2 heteroatoms. The molecular weight excluding hydrogens is 222 g/mol. The van der Waals surface area contributed by atoms with Crippen molar-refractivity contribution < 1.29 is 4.74 Å². The molecule has 0 amide bonds. The van der Waals surface area contributed by atoms with Crippen molar-refractivity contribution >= 4 is 0 Å². The third-order valence-electron chi connectivity index (χ3n) is 5.00. The predicted molar refractivity (Wildman–Crippen MR) is 76.8 cm³/mol. The standard InChI is InChI=1S/C16H31NO/c1-5-13-7-6-9-16(10-8-13)14(15(2,3)4)17-11-12-18-16/h13-14,17H,5-12H2,1-4H3. The zero-order valence-corrected chi connectivity index (χ0v) is 12.7. The molecule has 2 rings (SSSR count). The Kier molecular flexibility index (Phi) is 4.38. The van der Waals surface area contributed by atoms with Gasteiger partial charge in [-0.1, -0.05) is 47.0 Å². The van der Waals surface area contributed by atoms with Crippen LogP contribution in [0.3, 0.4) is 0 Å². The van der Waals surface area contributed by atoms with Crippen molar-refractivity contribution in [3.8, 4) is 0 Å². The fraction of sp³-hybridized carbons (Fsp3) is 1.00. The van der Waals surface area contributed by atoms with Crippen LogP contribution in [0.1, 0.15) is 66.2 Å². The molecule has 1 heterocycles. The van der Waals surface area contributed by atoms with Crippen molar-refractivity contribution in [2.45, 2.75) is 77.9 Å². The second kappa shape index (κ2) is 5.50. The summed E-state index contributed by atoms with van der Waals surface area (Å²) in [4.78, 5) is 0. The predicted octanol–water partition coefficient (Wildman–Crippen LogP) is 3.75. The Morgan fingerprint density at radius 3 is 2.67 bits per heavy atom. The van der Waals surface area contributed by atoms with Crippen LogP contribution in [-0.2, 0) is 4.74 Å². The largest absolute Gasteiger partial charge is 0.372 e. The van der Waals surface area contributed by atoms with Gasteiger partial charge in [-0.15, -0.1) is 0 Å². The first-order chi connectivity index (χ1) is 8.48. The number of rotatable bonds is 1. The van der Waals surface area contributed by atoms with Gasteiger partial charge in [0.1, 0.15) is 0 Å². The van der Waals surface area contributed by atoms with E-state index in [1.807, 2.05) is 0 Å². The number of nitrogens with one attached hydrogen (secondary N) is 1. The Labute approximate surface area is 113 Å². The molecule has 0 aromatic heterocycles. The first kappa shape index (κ1) is 14.3. The number of hydrogen-bond donors (Lipinski definition) is 1. The molecule has 1 saturated heterocycles. The van der Waals surface area contributed by atoms with E-state index in [9.17, 15) is 0 Å². The molecule has 3 unspecified atom stereocenters. The normalized spacial score (nSPS) is 38.7. The van der Waals surface area contributed by atoms with E-state index >= 15 is 0 Å². The van der Waals surface area contributed by atoms with Gasteiger partial charge < -0.3 is 10.1 Å². The minimum absolute atomic E-state index is 0.112. The van der Waals surface area contributed by atoms with Crippen molar-refractivity contribution in [3.05, 3.63) is 0 Å². The summed E-state index contributed by atoms with van der Waals surface area (Å²) in [6.07, 6.45) is 7.93. The lowest BCUT2D eigenvalue weighted by Gasteiger charge is -2.50. The smallest absolute Gasteiger partial charge is 0.0840 e. The summed E-state index contributed by atoms with van der Waals surface area (Å²) in [6.45, 7) is 11.3. The maximum atomic E-state index is 6.36. The third kappa shape index (κ3) is 2.91. The van der Waals surface area contributed by atoms with Crippen LogP contribution < -0.4 is 5.32 Å². The summed E-state index contributed by atoms with van der Waals surface area (Å²) in [7, 11) is 0. The van der Waals surface area contributed by atoms with E-state index in [0.717, 1.165) is 19.1 Å². The van der Waals surface area contributed by atoms with E-state index in [2.05, 4.69) is 33.0 Å². The fourth-order valence-corrected chi connectivity index (χ4v) is 4.07. The molecule has 0 radical (unpaired) electrons. The molecule has 0 aromatic rings. The van der Waals surface area contributed by atoms with Crippen molar-refractivity contribution in [1.29, 1.82) is 0 Å². The zero-order valence-electron chi connectivity index (χ0n) is 12.7. The van der Waals surface area contributed by atoms with Crippen LogP contribution in [0.2, 0.25) is 0 Å². The average molecular weight is 253 g/mol. The van der Waals surface area contributed by atoms with Crippen molar-refractivity contribution in [2.75, 3.05) is 13.2 Å². The molecule has 18 heavy (non-hydrogen) atoms. The van der Waals surface area contributed by atoms with Crippen LogP contribution >= 0.6 is 0 Å². The highest BCUT2D eigenvalue weighted by Crippen LogP contribution is 2.43. The summed E-state index contributed by atoms with van der Waals surface area (Å²) in [5, 5.41) is 3.76. The molecule has 1 aliphatic carbocycles. The molecule has 2 fully saturated rings. The van der Waals surface area contributed by atoms with E-state index in [1.54, 1.807) is 0 Å². The van der Waals surface area contributed by atoms with Crippen LogP contribution in [0.5, 0.6) is 0 Å². The van der Waals surface area contributed by atoms with Gasteiger partial charge in [0.15, 0.2) is 0 Å². The van der Waals surface area contributed by atoms with Gasteiger partial charge in [-0.3, -0.25) is 0 Å². The quantitative estimate of drug-likeness (QED) is 0.768. The fourth-order valence-electron chi connectivity index (χ4n) is 4.07. The minimum atomic E-state index is 0.112. The Bertz CT molecular complexity index is 271. The van der Waals surface area contributed by atoms with Crippen LogP contribution in [0.25, 0.3) is 0 Å². The van der Waals surface area contributed by atoms with Gasteiger partial charge in [-0.2, -0.15) is 0 Å². The maximum absolute atomic E-state index is 6.36. The topological polar surface area (TPSA) is 21.3 Å². The van der Waals surface area contributed by atoms with Crippen molar-refractivity contribution in [1.82, 2.24) is 5.32 Å². The summed E-state index contributed by atoms with van der Waals surface area (Å²) in [5.74, 6) is 0.926. The molecule has 3 atom stereocenters. The third-order valence-corrected chi connectivity index (χ3v) is 5.00. The van der Waals surface area contributed by atoms with Gasteiger partial charge in [0, 0.05) is 12.6 Å². The molecule has 2 aliphatic rings. The van der Waals surface area contributed by atoms with E-state index in [-0.39, 0.29) is 11.0 Å². The lowest BCUT2D eigenvalue weighted by atomic mass is 9.72. The minimum Gasteiger partial charge on any atom is -0.372 e. The van der Waals surface area contributed by atoms with E-state index in [1.165, 1.54) is 38.5 Å². The Balaban J connectivity index is 2.15. The van der Waals surface area contributed by atoms with Crippen molar-refractivity contribution in [3.63, 3.8) is 0 Å². The average Bonchev–Trinajstić information content (AvgIpc) is 2.51. The lowest BCUT2D eigenvalue weighted by molar-refractivity contribution is -0.130. The SMILES string of the molecule is CCC1CCCC2(CC1)OCCNC2C(C)(C)C. The van der Waals surface area contributed by atoms with E-state index in [0.29, 0.717) is 6.04 Å². The van der Waals surface area contributed by atoms with Crippen molar-refractivity contribution in [2.24, 2.45) is 11.3 Å². The summed E-state index contributed by atoms with van der Waals surface area (Å²) < 4.78 is 6.36. The molecule has 0 bridgehead atoms. The summed E-state index contributed by atoms with van der Waals surface area (Å²) >= 11 is 0. The van der Waals surface area contributed by atoms with Crippen LogP contribution in [0.15, 0.2) is 0 Å². The van der Waals surface area contributed by atoms with Gasteiger partial charge in [0.2, 0.25) is 0 Å². The van der Waals surface area contributed by atoms with Crippen LogP contribution in [0.4, 0.5) is 0 Å². The molecule has 0 aromatic carbocycles. The number of ether oxygens (including phenoxy) is 1. The first-order valence-corrected chi connectivity index (χ1v) is 7.85. The summed E-state index contributed by atoms with van der Waals surface area (Å²) in [6, 6.07) is 0.509. The maximum Gasteiger partial charge on any atom is 0.0840 e. The Morgan fingerprint density at radius 1 is 1.22 bits per heavy atom. The molecule has 1 spiro atoms. The van der Waals surface area contributed by atoms with Gasteiger partial charge in [-0.25, -0.2) is 0 Å². The highest BCUT2D eigenvalue weighted by atomic mass is 16.5. The molecule has 2 nitrogen and oxygen atoms in total. The zero-order chi connectivity index (χ0) is 13.2. The van der Waals surface area contributed by atoms with Gasteiger partial charge >= 0.3 is 0 Å². The Hall–Kier alpha value is -0.0800. The molecule has 1 N–H and O–H groups in total. The van der Waals surface area contributed by atoms with Crippen LogP contribution in [-0.4, -0.2) is 24.8 Å². The van der Waals surface area contributed by atoms with Gasteiger partial charge in [0.25, 0.3) is 0 Å². The summed E-state index contributed by atoms with van der Waals surface area (Å²) in [5.41, 5.74) is 0.396. The highest BCUT2D eigenvalue weighted by molar-refractivity contribution is 5.02. The van der Waals surface area contributed by atoms with Gasteiger partial charge in [-0.05, 0) is 30.6 Å². The molecular formula is C16H31NO. The highest BCUT2D eigenvalue weighted by Gasteiger charge is 2.47. The Morgan fingerprint density at radius 2 is 2.00 bits per heavy atom.